The molecule has 0 unspecified atom stereocenters. The van der Waals surface area contributed by atoms with Gasteiger partial charge in [0.2, 0.25) is 0 Å². The fourth-order valence-electron chi connectivity index (χ4n) is 4.15. The summed E-state index contributed by atoms with van der Waals surface area (Å²) in [6.07, 6.45) is 9.63. The zero-order valence-electron chi connectivity index (χ0n) is 18.2. The fourth-order valence-corrected chi connectivity index (χ4v) is 4.15. The number of fused-ring (bicyclic) bond motifs is 1. The minimum Gasteiger partial charge on any atom is -0.492 e. The quantitative estimate of drug-likeness (QED) is 0.579. The fraction of sp³-hybridized carbons (Fsp3) is 0.417. The van der Waals surface area contributed by atoms with Gasteiger partial charge in [-0.3, -0.25) is 4.79 Å². The molecule has 1 saturated carbocycles. The van der Waals surface area contributed by atoms with Gasteiger partial charge < -0.3 is 24.5 Å². The lowest BCUT2D eigenvalue weighted by Crippen LogP contribution is -2.40. The summed E-state index contributed by atoms with van der Waals surface area (Å²) in [5.41, 5.74) is 9.02. The van der Waals surface area contributed by atoms with Crippen molar-refractivity contribution in [3.8, 4) is 22.8 Å². The molecule has 1 amide bonds. The lowest BCUT2D eigenvalue weighted by molar-refractivity contribution is -0.134. The van der Waals surface area contributed by atoms with Crippen LogP contribution >= 0.6 is 0 Å². The average Bonchev–Trinajstić information content (AvgIpc) is 3.24. The number of likely N-dealkylation sites (N-methyl/N-ethyl adjacent to an activating group) is 1. The number of imidazole rings is 1. The molecule has 0 saturated heterocycles. The Morgan fingerprint density at radius 3 is 2.74 bits per heavy atom. The number of amides is 1. The van der Waals surface area contributed by atoms with Gasteiger partial charge in [-0.05, 0) is 50.1 Å². The Bertz CT molecular complexity index is 1060. The Labute approximate surface area is 182 Å². The lowest BCUT2D eigenvalue weighted by Gasteiger charge is -2.31. The van der Waals surface area contributed by atoms with Gasteiger partial charge >= 0.3 is 0 Å². The highest BCUT2D eigenvalue weighted by atomic mass is 16.5. The maximum atomic E-state index is 12.6. The van der Waals surface area contributed by atoms with Crippen LogP contribution in [0.1, 0.15) is 39.0 Å². The topological polar surface area (TPSA) is 82.1 Å². The van der Waals surface area contributed by atoms with Crippen molar-refractivity contribution < 1.29 is 14.3 Å². The Balaban J connectivity index is 1.50. The molecule has 7 nitrogen and oxygen atoms in total. The van der Waals surface area contributed by atoms with Crippen LogP contribution in [0.5, 0.6) is 11.5 Å². The highest BCUT2D eigenvalue weighted by Crippen LogP contribution is 2.30. The molecule has 0 atom stereocenters. The van der Waals surface area contributed by atoms with E-state index in [0.717, 1.165) is 24.1 Å². The summed E-state index contributed by atoms with van der Waals surface area (Å²) >= 11 is 0. The molecule has 1 aliphatic carbocycles. The molecule has 1 aromatic carbocycles. The number of hydrogen-bond acceptors (Lipinski definition) is 5. The van der Waals surface area contributed by atoms with Crippen LogP contribution in [-0.2, 0) is 4.79 Å². The van der Waals surface area contributed by atoms with Gasteiger partial charge in [0, 0.05) is 31.0 Å². The molecule has 2 aromatic heterocycles. The van der Waals surface area contributed by atoms with Crippen molar-refractivity contribution in [3.63, 3.8) is 0 Å². The Kier molecular flexibility index (Phi) is 6.30. The molecule has 0 spiro atoms. The van der Waals surface area contributed by atoms with Crippen LogP contribution in [0.25, 0.3) is 16.9 Å². The van der Waals surface area contributed by atoms with E-state index < -0.39 is 0 Å². The van der Waals surface area contributed by atoms with Gasteiger partial charge in [0.1, 0.15) is 5.75 Å². The van der Waals surface area contributed by atoms with Crippen molar-refractivity contribution in [2.24, 2.45) is 0 Å². The Morgan fingerprint density at radius 1 is 1.19 bits per heavy atom. The van der Waals surface area contributed by atoms with Crippen LogP contribution in [0.15, 0.2) is 42.7 Å². The lowest BCUT2D eigenvalue weighted by atomic mass is 9.94. The molecule has 164 valence electrons. The van der Waals surface area contributed by atoms with Gasteiger partial charge in [-0.1, -0.05) is 19.3 Å². The number of nitrogen functional groups attached to an aromatic ring is 1. The standard InChI is InChI=1S/C24H30N4O3/c1-3-30-21-12-11-17(14-19(21)25)20-15-28-13-7-10-22(24(28)26-20)31-16-23(29)27(2)18-8-5-4-6-9-18/h7,10-15,18H,3-6,8-9,16,25H2,1-2H3. The number of carbonyl (C=O) groups is 1. The second-order valence-electron chi connectivity index (χ2n) is 8.00. The predicted molar refractivity (Wildman–Crippen MR) is 121 cm³/mol. The number of pyridine rings is 1. The number of anilines is 1. The van der Waals surface area contributed by atoms with E-state index in [1.165, 1.54) is 19.3 Å². The second kappa shape index (κ2) is 9.29. The molecule has 1 aliphatic rings. The number of aromatic nitrogens is 2. The van der Waals surface area contributed by atoms with Gasteiger partial charge in [0.05, 0.1) is 18.0 Å². The molecule has 2 heterocycles. The summed E-state index contributed by atoms with van der Waals surface area (Å²) in [6.45, 7) is 2.49. The first-order chi connectivity index (χ1) is 15.1. The number of hydrogen-bond donors (Lipinski definition) is 1. The minimum absolute atomic E-state index is 0.0000286. The van der Waals surface area contributed by atoms with E-state index in [2.05, 4.69) is 0 Å². The number of nitrogens with two attached hydrogens (primary N) is 1. The van der Waals surface area contributed by atoms with Crippen molar-refractivity contribution in [3.05, 3.63) is 42.7 Å². The van der Waals surface area contributed by atoms with Crippen molar-refractivity contribution in [2.45, 2.75) is 45.1 Å². The van der Waals surface area contributed by atoms with Gasteiger partial charge in [-0.15, -0.1) is 0 Å². The maximum Gasteiger partial charge on any atom is 0.260 e. The number of carbonyl (C=O) groups excluding carboxylic acids is 1. The molecule has 4 rings (SSSR count). The van der Waals surface area contributed by atoms with Crippen LogP contribution in [-0.4, -0.2) is 46.5 Å². The van der Waals surface area contributed by atoms with Gasteiger partial charge in [-0.25, -0.2) is 4.98 Å². The molecule has 31 heavy (non-hydrogen) atoms. The Morgan fingerprint density at radius 2 is 2.00 bits per heavy atom. The van der Waals surface area contributed by atoms with Crippen LogP contribution in [0, 0.1) is 0 Å². The van der Waals surface area contributed by atoms with E-state index in [-0.39, 0.29) is 12.5 Å². The summed E-state index contributed by atoms with van der Waals surface area (Å²) in [4.78, 5) is 19.2. The van der Waals surface area contributed by atoms with Gasteiger partial charge in [0.25, 0.3) is 5.91 Å². The summed E-state index contributed by atoms with van der Waals surface area (Å²) in [6, 6.07) is 9.70. The number of nitrogens with zero attached hydrogens (tertiary/aromatic N) is 3. The Hall–Kier alpha value is -3.22. The molecule has 0 radical (unpaired) electrons. The van der Waals surface area contributed by atoms with E-state index >= 15 is 0 Å². The van der Waals surface area contributed by atoms with E-state index in [1.54, 1.807) is 0 Å². The van der Waals surface area contributed by atoms with Crippen LogP contribution in [0.4, 0.5) is 5.69 Å². The number of benzene rings is 1. The van der Waals surface area contributed by atoms with E-state index in [1.807, 2.05) is 66.0 Å². The smallest absolute Gasteiger partial charge is 0.260 e. The molecule has 1 fully saturated rings. The van der Waals surface area contributed by atoms with E-state index in [0.29, 0.717) is 35.5 Å². The molecule has 0 bridgehead atoms. The van der Waals surface area contributed by atoms with Crippen molar-refractivity contribution in [2.75, 3.05) is 26.0 Å². The molecular weight excluding hydrogens is 392 g/mol. The van der Waals surface area contributed by atoms with E-state index in [4.69, 9.17) is 20.2 Å². The minimum atomic E-state index is -0.0000286. The highest BCUT2D eigenvalue weighted by Gasteiger charge is 2.22. The SMILES string of the molecule is CCOc1ccc(-c2cn3cccc(OCC(=O)N(C)C4CCCCC4)c3n2)cc1N. The second-order valence-corrected chi connectivity index (χ2v) is 8.00. The zero-order valence-corrected chi connectivity index (χ0v) is 18.2. The zero-order chi connectivity index (χ0) is 21.8. The van der Waals surface area contributed by atoms with Crippen molar-refractivity contribution in [1.82, 2.24) is 14.3 Å². The molecule has 7 heteroatoms. The molecule has 2 N–H and O–H groups in total. The molecule has 0 aliphatic heterocycles. The van der Waals surface area contributed by atoms with Crippen LogP contribution < -0.4 is 15.2 Å². The summed E-state index contributed by atoms with van der Waals surface area (Å²) in [7, 11) is 1.88. The summed E-state index contributed by atoms with van der Waals surface area (Å²) < 4.78 is 13.3. The summed E-state index contributed by atoms with van der Waals surface area (Å²) in [5.74, 6) is 1.25. The van der Waals surface area contributed by atoms with Gasteiger partial charge in [0.15, 0.2) is 18.0 Å². The predicted octanol–water partition coefficient (Wildman–Crippen LogP) is 4.15. The number of rotatable bonds is 7. The van der Waals surface area contributed by atoms with Crippen LogP contribution in [0.3, 0.4) is 0 Å². The third-order valence-corrected chi connectivity index (χ3v) is 5.92. The summed E-state index contributed by atoms with van der Waals surface area (Å²) in [5, 5.41) is 0. The third kappa shape index (κ3) is 4.60. The molecule has 3 aromatic rings. The number of ether oxygens (including phenoxy) is 2. The first-order valence-corrected chi connectivity index (χ1v) is 11.0. The average molecular weight is 423 g/mol. The van der Waals surface area contributed by atoms with Gasteiger partial charge in [-0.2, -0.15) is 0 Å². The molecular formula is C24H30N4O3. The monoisotopic (exact) mass is 422 g/mol. The van der Waals surface area contributed by atoms with Crippen molar-refractivity contribution >= 4 is 17.2 Å². The highest BCUT2D eigenvalue weighted by molar-refractivity contribution is 5.78. The normalized spacial score (nSPS) is 14.5. The third-order valence-electron chi connectivity index (χ3n) is 5.92. The maximum absolute atomic E-state index is 12.6. The first kappa shape index (κ1) is 21.0. The van der Waals surface area contributed by atoms with Crippen LogP contribution in [0.2, 0.25) is 0 Å². The van der Waals surface area contributed by atoms with E-state index in [9.17, 15) is 4.79 Å². The first-order valence-electron chi connectivity index (χ1n) is 11.0. The van der Waals surface area contributed by atoms with Crippen molar-refractivity contribution in [1.29, 1.82) is 0 Å². The largest absolute Gasteiger partial charge is 0.492 e.